The van der Waals surface area contributed by atoms with E-state index in [1.165, 1.54) is 6.26 Å². The Hall–Kier alpha value is -2.87. The van der Waals surface area contributed by atoms with Crippen molar-refractivity contribution in [1.29, 1.82) is 0 Å². The Labute approximate surface area is 516 Å². The third-order valence-electron chi connectivity index (χ3n) is 15.1. The molecule has 13 nitrogen and oxygen atoms in total. The van der Waals surface area contributed by atoms with Crippen molar-refractivity contribution in [3.63, 3.8) is 0 Å². The summed E-state index contributed by atoms with van der Waals surface area (Å²) in [6, 6.07) is 0.243. The number of hydrogen-bond donors (Lipinski definition) is 2. The van der Waals surface area contributed by atoms with Gasteiger partial charge in [-0.15, -0.1) is 0 Å². The van der Waals surface area contributed by atoms with Gasteiger partial charge in [0.15, 0.2) is 0 Å². The molecular weight excluding hydrogens is 1060 g/mol. The second kappa shape index (κ2) is 46.3. The van der Waals surface area contributed by atoms with Gasteiger partial charge in [0, 0.05) is 87.8 Å². The molecule has 4 amide bonds. The van der Waals surface area contributed by atoms with Gasteiger partial charge in [0.2, 0.25) is 23.6 Å². The van der Waals surface area contributed by atoms with Gasteiger partial charge in [-0.2, -0.15) is 0 Å². The summed E-state index contributed by atoms with van der Waals surface area (Å²) in [5, 5.41) is 2.97. The van der Waals surface area contributed by atoms with Crippen LogP contribution in [0.5, 0.6) is 0 Å². The van der Waals surface area contributed by atoms with Crippen molar-refractivity contribution >= 4 is 45.0 Å². The zero-order valence-corrected chi connectivity index (χ0v) is 62.0. The van der Waals surface area contributed by atoms with Crippen LogP contribution in [-0.2, 0) is 38.6 Å². The SMILES string of the molecule is CC(C)C(C(=O)CC(C)(C)CS(C)(=O)=O)C(C)C.CC(C)C(C(=O)CCCCN(C)C)C(C)C.CC(C)C(C(=O)N(C)C)C(C)C.CC(C)C(C(N)=O)C(C)C.CC(C)NC(=O)C(C(C)C)C(C)C.CCN(CC)C(=O)C(C(C)C)C(C)C. The van der Waals surface area contributed by atoms with E-state index in [4.69, 9.17) is 5.73 Å². The highest BCUT2D eigenvalue weighted by molar-refractivity contribution is 7.90. The molecule has 0 radical (unpaired) electrons. The zero-order chi connectivity index (χ0) is 67.5. The Morgan fingerprint density at radius 3 is 0.964 bits per heavy atom. The molecule has 3 N–H and O–H groups in total. The summed E-state index contributed by atoms with van der Waals surface area (Å²) in [6.45, 7) is 64.8. The average Bonchev–Trinajstić information content (AvgIpc) is 3.23. The van der Waals surface area contributed by atoms with Gasteiger partial charge < -0.3 is 25.8 Å². The van der Waals surface area contributed by atoms with Crippen molar-refractivity contribution in [2.75, 3.05) is 59.8 Å². The first-order valence-electron chi connectivity index (χ1n) is 32.3. The first-order valence-corrected chi connectivity index (χ1v) is 34.4. The predicted octanol–water partition coefficient (Wildman–Crippen LogP) is 14.8. The van der Waals surface area contributed by atoms with Crippen molar-refractivity contribution in [2.24, 2.45) is 118 Å². The van der Waals surface area contributed by atoms with Crippen molar-refractivity contribution in [1.82, 2.24) is 20.0 Å². The second-order valence-corrected chi connectivity index (χ2v) is 31.6. The Morgan fingerprint density at radius 2 is 0.747 bits per heavy atom. The number of nitrogens with two attached hydrogens (primary N) is 1. The summed E-state index contributed by atoms with van der Waals surface area (Å²) in [4.78, 5) is 76.5. The number of ketones is 2. The van der Waals surface area contributed by atoms with Crippen LogP contribution >= 0.6 is 0 Å². The number of primary amides is 1. The van der Waals surface area contributed by atoms with Crippen LogP contribution in [0.15, 0.2) is 0 Å². The zero-order valence-electron chi connectivity index (χ0n) is 61.2. The number of nitrogens with zero attached hydrogens (tertiary/aromatic N) is 3. The highest BCUT2D eigenvalue weighted by Crippen LogP contribution is 2.31. The minimum absolute atomic E-state index is 0.0174. The van der Waals surface area contributed by atoms with Gasteiger partial charge in [0.05, 0.1) is 5.75 Å². The van der Waals surface area contributed by atoms with E-state index >= 15 is 0 Å². The molecule has 0 aromatic carbocycles. The molecule has 0 aromatic heterocycles. The molecule has 0 aliphatic rings. The number of amides is 4. The highest BCUT2D eigenvalue weighted by Gasteiger charge is 2.33. The Morgan fingerprint density at radius 1 is 0.446 bits per heavy atom. The normalized spacial score (nSPS) is 12.1. The van der Waals surface area contributed by atoms with Gasteiger partial charge in [0.25, 0.3) is 0 Å². The first-order chi connectivity index (χ1) is 37.4. The monoisotopic (exact) mass is 1200 g/mol. The second-order valence-electron chi connectivity index (χ2n) is 29.5. The van der Waals surface area contributed by atoms with E-state index in [0.717, 1.165) is 38.9 Å². The molecule has 0 saturated carbocycles. The number of unbranched alkanes of at least 4 members (excludes halogenated alkanes) is 1. The van der Waals surface area contributed by atoms with Crippen LogP contribution in [0.2, 0.25) is 0 Å². The minimum atomic E-state index is -3.05. The smallest absolute Gasteiger partial charge is 0.226 e. The fourth-order valence-electron chi connectivity index (χ4n) is 12.2. The van der Waals surface area contributed by atoms with Gasteiger partial charge in [-0.05, 0) is 138 Å². The van der Waals surface area contributed by atoms with Crippen LogP contribution in [0.1, 0.15) is 233 Å². The molecule has 0 aliphatic heterocycles. The van der Waals surface area contributed by atoms with Gasteiger partial charge in [-0.25, -0.2) is 8.42 Å². The van der Waals surface area contributed by atoms with E-state index < -0.39 is 15.3 Å². The molecule has 0 unspecified atom stereocenters. The van der Waals surface area contributed by atoms with Gasteiger partial charge in [0.1, 0.15) is 21.4 Å². The third kappa shape index (κ3) is 44.3. The van der Waals surface area contributed by atoms with E-state index in [1.807, 2.05) is 116 Å². The van der Waals surface area contributed by atoms with Crippen LogP contribution in [0.3, 0.4) is 0 Å². The van der Waals surface area contributed by atoms with E-state index in [-0.39, 0.29) is 70.8 Å². The topological polar surface area (TPSA) is 184 Å². The van der Waals surface area contributed by atoms with Crippen LogP contribution in [0.25, 0.3) is 0 Å². The number of rotatable bonds is 30. The van der Waals surface area contributed by atoms with Gasteiger partial charge >= 0.3 is 0 Å². The van der Waals surface area contributed by atoms with Crippen molar-refractivity contribution < 1.29 is 37.2 Å². The van der Waals surface area contributed by atoms with Crippen molar-refractivity contribution in [3.05, 3.63) is 0 Å². The Balaban J connectivity index is -0.000000216. The van der Waals surface area contributed by atoms with Crippen molar-refractivity contribution in [3.8, 4) is 0 Å². The van der Waals surface area contributed by atoms with Gasteiger partial charge in [-0.1, -0.05) is 180 Å². The summed E-state index contributed by atoms with van der Waals surface area (Å²) >= 11 is 0. The van der Waals surface area contributed by atoms with Crippen LogP contribution in [0, 0.1) is 112 Å². The quantitative estimate of drug-likeness (QED) is 0.0661. The summed E-state index contributed by atoms with van der Waals surface area (Å²) in [5.41, 5.74) is 4.72. The maximum Gasteiger partial charge on any atom is 0.226 e. The average molecular weight is 1200 g/mol. The number of carbonyl (C=O) groups excluding carboxylic acids is 6. The lowest BCUT2D eigenvalue weighted by atomic mass is 9.76. The molecule has 0 fully saturated rings. The molecular formula is C69H143N5O8S. The number of Topliss-reactive ketones (excluding diaryl/α,β-unsaturated/α-hetero) is 2. The van der Waals surface area contributed by atoms with E-state index in [0.29, 0.717) is 89.1 Å². The molecule has 83 heavy (non-hydrogen) atoms. The molecule has 498 valence electrons. The summed E-state index contributed by atoms with van der Waals surface area (Å²) in [6.07, 6.45) is 4.48. The number of hydrogen-bond acceptors (Lipinski definition) is 9. The van der Waals surface area contributed by atoms with Crippen LogP contribution < -0.4 is 11.1 Å². The summed E-state index contributed by atoms with van der Waals surface area (Å²) in [7, 11) is 4.75. The third-order valence-corrected chi connectivity index (χ3v) is 16.4. The fourth-order valence-corrected chi connectivity index (χ4v) is 13.7. The van der Waals surface area contributed by atoms with E-state index in [2.05, 4.69) is 135 Å². The minimum Gasteiger partial charge on any atom is -0.369 e. The maximum atomic E-state index is 12.3. The Bertz CT molecular complexity index is 1800. The molecule has 0 heterocycles. The largest absolute Gasteiger partial charge is 0.369 e. The molecule has 0 bridgehead atoms. The summed E-state index contributed by atoms with van der Waals surface area (Å²) < 4.78 is 22.7. The van der Waals surface area contributed by atoms with Crippen LogP contribution in [-0.4, -0.2) is 124 Å². The predicted molar refractivity (Wildman–Crippen MR) is 359 cm³/mol. The molecule has 14 heteroatoms. The lowest BCUT2D eigenvalue weighted by molar-refractivity contribution is -0.138. The summed E-state index contributed by atoms with van der Waals surface area (Å²) in [5.74, 6) is 6.90. The molecule has 0 spiro atoms. The number of carbonyl (C=O) groups is 6. The molecule has 0 atom stereocenters. The molecule has 0 aliphatic carbocycles. The maximum absolute atomic E-state index is 12.3. The lowest BCUT2D eigenvalue weighted by Gasteiger charge is -2.30. The van der Waals surface area contributed by atoms with E-state index in [9.17, 15) is 37.2 Å². The molecule has 0 rings (SSSR count). The first kappa shape index (κ1) is 91.3. The highest BCUT2D eigenvalue weighted by atomic mass is 32.2. The van der Waals surface area contributed by atoms with Gasteiger partial charge in [-0.3, -0.25) is 28.8 Å². The van der Waals surface area contributed by atoms with Crippen molar-refractivity contribution in [2.45, 2.75) is 239 Å². The Kier molecular flexibility index (Phi) is 50.9. The number of sulfone groups is 1. The number of nitrogens with one attached hydrogen (secondary N) is 1. The van der Waals surface area contributed by atoms with Crippen LogP contribution in [0.4, 0.5) is 0 Å². The molecule has 0 saturated heterocycles. The van der Waals surface area contributed by atoms with E-state index in [1.54, 1.807) is 4.90 Å². The molecule has 0 aromatic rings. The lowest BCUT2D eigenvalue weighted by Crippen LogP contribution is -2.40. The standard InChI is InChI=1S/C14H29NO.C14H28O3S.C12H25NO.C11H23NO.C10H21NO.C8H17NO/c1-11(2)14(12(3)4)13(16)9-7-8-10-15(5)6;1-10(2)13(11(3)4)12(15)8-14(5,6)9-18(7,16)17;1-7-13(8-2)12(14)11(9(3)4)10(5)6;1-7(2)10(8(3)4)11(13)12-9(5)6;1-7(2)9(8(3)4)10(12)11(5)6;1-5(2)7(6(3)4)8(9)10/h11-12,14H,7-10H2,1-6H3;10-11,13H,8-9H2,1-7H3;9-11H,7-8H2,1-6H3;7-10H,1-6H3,(H,12,13);7-9H,1-6H3;5-7H,1-4H3,(H2,9,10). The fraction of sp³-hybridized carbons (Fsp3) is 0.913.